The Morgan fingerprint density at radius 1 is 0.824 bits per heavy atom. The van der Waals surface area contributed by atoms with Crippen LogP contribution in [0.4, 0.5) is 0 Å². The van der Waals surface area contributed by atoms with Gasteiger partial charge in [0.15, 0.2) is 0 Å². The van der Waals surface area contributed by atoms with E-state index in [2.05, 4.69) is 12.1 Å². The van der Waals surface area contributed by atoms with Gasteiger partial charge in [0, 0.05) is 0 Å². The van der Waals surface area contributed by atoms with Crippen molar-refractivity contribution in [2.75, 3.05) is 6.61 Å². The maximum Gasteiger partial charge on any atom is 0.0846 e. The Bertz CT molecular complexity index is 181. The van der Waals surface area contributed by atoms with Gasteiger partial charge in [-0.3, -0.25) is 0 Å². The van der Waals surface area contributed by atoms with Crippen LogP contribution in [0.1, 0.15) is 77.6 Å². The van der Waals surface area contributed by atoms with E-state index >= 15 is 0 Å². The van der Waals surface area contributed by atoms with Gasteiger partial charge in [0.2, 0.25) is 0 Å². The van der Waals surface area contributed by atoms with Crippen LogP contribution in [0.15, 0.2) is 5.16 Å². The number of unbranched alkanes of at least 4 members (excludes halogenated alkanes) is 9. The molecular weight excluding hydrogens is 214 g/mol. The molecule has 0 aliphatic carbocycles. The molecule has 0 aliphatic heterocycles. The van der Waals surface area contributed by atoms with E-state index in [0.29, 0.717) is 5.71 Å². The van der Waals surface area contributed by atoms with E-state index in [9.17, 15) is 0 Å². The summed E-state index contributed by atoms with van der Waals surface area (Å²) >= 11 is 0. The molecule has 0 saturated carbocycles. The molecule has 0 amide bonds. The van der Waals surface area contributed by atoms with Crippen molar-refractivity contribution in [2.45, 2.75) is 77.6 Å². The first kappa shape index (κ1) is 16.4. The van der Waals surface area contributed by atoms with E-state index in [0.717, 1.165) is 12.8 Å². The highest BCUT2D eigenvalue weighted by atomic mass is 16.4. The predicted molar refractivity (Wildman–Crippen MR) is 72.8 cm³/mol. The molecular formula is C14H29NO2. The minimum Gasteiger partial charge on any atom is -0.411 e. The number of oxime groups is 1. The fourth-order valence-corrected chi connectivity index (χ4v) is 1.98. The molecule has 17 heavy (non-hydrogen) atoms. The van der Waals surface area contributed by atoms with E-state index < -0.39 is 0 Å². The van der Waals surface area contributed by atoms with Gasteiger partial charge in [0.1, 0.15) is 0 Å². The fraction of sp³-hybridized carbons (Fsp3) is 0.929. The number of hydrogen-bond acceptors (Lipinski definition) is 3. The van der Waals surface area contributed by atoms with Crippen LogP contribution in [-0.4, -0.2) is 22.6 Å². The second-order valence-electron chi connectivity index (χ2n) is 4.76. The zero-order valence-electron chi connectivity index (χ0n) is 11.3. The number of rotatable bonds is 12. The normalized spacial score (nSPS) is 12.0. The molecule has 0 fully saturated rings. The van der Waals surface area contributed by atoms with Gasteiger partial charge in [-0.15, -0.1) is 0 Å². The van der Waals surface area contributed by atoms with Gasteiger partial charge in [0.05, 0.1) is 12.3 Å². The molecule has 0 atom stereocenters. The number of aliphatic hydroxyl groups excluding tert-OH is 1. The number of hydrogen-bond donors (Lipinski definition) is 2. The van der Waals surface area contributed by atoms with E-state index in [1.165, 1.54) is 57.8 Å². The lowest BCUT2D eigenvalue weighted by molar-refractivity contribution is 0.300. The molecule has 3 nitrogen and oxygen atoms in total. The summed E-state index contributed by atoms with van der Waals surface area (Å²) in [4.78, 5) is 0. The summed E-state index contributed by atoms with van der Waals surface area (Å²) in [5.41, 5.74) is 0.504. The Labute approximate surface area is 106 Å². The summed E-state index contributed by atoms with van der Waals surface area (Å²) < 4.78 is 0. The van der Waals surface area contributed by atoms with Crippen LogP contribution in [0, 0.1) is 0 Å². The molecule has 0 aromatic carbocycles. The van der Waals surface area contributed by atoms with Crippen molar-refractivity contribution in [3.05, 3.63) is 0 Å². The maximum absolute atomic E-state index is 8.78. The Hall–Kier alpha value is -0.570. The third kappa shape index (κ3) is 11.7. The Balaban J connectivity index is 3.08. The predicted octanol–water partition coefficient (Wildman–Crippen LogP) is 4.12. The molecule has 0 aliphatic rings. The summed E-state index contributed by atoms with van der Waals surface area (Å²) in [6.07, 6.45) is 13.7. The average molecular weight is 243 g/mol. The molecule has 3 heteroatoms. The van der Waals surface area contributed by atoms with Crippen LogP contribution >= 0.6 is 0 Å². The molecule has 102 valence electrons. The van der Waals surface area contributed by atoms with Crippen molar-refractivity contribution in [2.24, 2.45) is 5.16 Å². The van der Waals surface area contributed by atoms with Crippen LogP contribution < -0.4 is 0 Å². The molecule has 0 saturated heterocycles. The average Bonchev–Trinajstić information content (AvgIpc) is 2.36. The molecule has 2 N–H and O–H groups in total. The van der Waals surface area contributed by atoms with E-state index in [4.69, 9.17) is 10.3 Å². The molecule has 0 aromatic heterocycles. The Kier molecular flexibility index (Phi) is 13.0. The molecule has 0 aromatic rings. The van der Waals surface area contributed by atoms with E-state index in [-0.39, 0.29) is 6.61 Å². The largest absolute Gasteiger partial charge is 0.411 e. The second-order valence-corrected chi connectivity index (χ2v) is 4.76. The summed E-state index contributed by atoms with van der Waals surface area (Å²) in [5, 5.41) is 20.3. The third-order valence-electron chi connectivity index (χ3n) is 3.14. The molecule has 0 radical (unpaired) electrons. The molecule has 0 heterocycles. The molecule has 0 unspecified atom stereocenters. The van der Waals surface area contributed by atoms with Crippen molar-refractivity contribution in [3.63, 3.8) is 0 Å². The van der Waals surface area contributed by atoms with Gasteiger partial charge in [-0.05, 0) is 12.8 Å². The minimum absolute atomic E-state index is 0.117. The monoisotopic (exact) mass is 243 g/mol. The third-order valence-corrected chi connectivity index (χ3v) is 3.14. The fourth-order valence-electron chi connectivity index (χ4n) is 1.98. The minimum atomic E-state index is -0.117. The van der Waals surface area contributed by atoms with Gasteiger partial charge < -0.3 is 10.3 Å². The van der Waals surface area contributed by atoms with Crippen molar-refractivity contribution in [1.29, 1.82) is 0 Å². The SMILES string of the molecule is CCCCCCCCCCCCC(CO)=NO. The highest BCUT2D eigenvalue weighted by Crippen LogP contribution is 2.11. The first-order valence-corrected chi connectivity index (χ1v) is 7.15. The van der Waals surface area contributed by atoms with E-state index in [1.807, 2.05) is 0 Å². The van der Waals surface area contributed by atoms with Crippen LogP contribution in [0.3, 0.4) is 0 Å². The smallest absolute Gasteiger partial charge is 0.0846 e. The standard InChI is InChI=1S/C14H29NO2/c1-2-3-4-5-6-7-8-9-10-11-12-14(13-16)15-17/h16-17H,2-13H2,1H3. The van der Waals surface area contributed by atoms with Gasteiger partial charge >= 0.3 is 0 Å². The summed E-state index contributed by atoms with van der Waals surface area (Å²) in [7, 11) is 0. The van der Waals surface area contributed by atoms with Crippen LogP contribution in [0.25, 0.3) is 0 Å². The van der Waals surface area contributed by atoms with Crippen molar-refractivity contribution >= 4 is 5.71 Å². The van der Waals surface area contributed by atoms with Crippen molar-refractivity contribution in [1.82, 2.24) is 0 Å². The Morgan fingerprint density at radius 2 is 1.29 bits per heavy atom. The first-order valence-electron chi connectivity index (χ1n) is 7.15. The lowest BCUT2D eigenvalue weighted by Gasteiger charge is -2.02. The van der Waals surface area contributed by atoms with Gasteiger partial charge in [-0.1, -0.05) is 69.9 Å². The van der Waals surface area contributed by atoms with Crippen molar-refractivity contribution < 1.29 is 10.3 Å². The maximum atomic E-state index is 8.78. The van der Waals surface area contributed by atoms with Gasteiger partial charge in [-0.2, -0.15) is 0 Å². The topological polar surface area (TPSA) is 52.8 Å². The highest BCUT2D eigenvalue weighted by molar-refractivity contribution is 5.84. The number of nitrogens with zero attached hydrogens (tertiary/aromatic N) is 1. The molecule has 0 bridgehead atoms. The Morgan fingerprint density at radius 3 is 1.71 bits per heavy atom. The quantitative estimate of drug-likeness (QED) is 0.234. The van der Waals surface area contributed by atoms with Gasteiger partial charge in [-0.25, -0.2) is 0 Å². The molecule has 0 spiro atoms. The van der Waals surface area contributed by atoms with Gasteiger partial charge in [0.25, 0.3) is 0 Å². The molecule has 0 rings (SSSR count). The second kappa shape index (κ2) is 13.5. The lowest BCUT2D eigenvalue weighted by atomic mass is 10.1. The van der Waals surface area contributed by atoms with Crippen LogP contribution in [0.2, 0.25) is 0 Å². The van der Waals surface area contributed by atoms with Crippen LogP contribution in [-0.2, 0) is 0 Å². The number of aliphatic hydroxyl groups is 1. The first-order chi connectivity index (χ1) is 8.35. The zero-order valence-corrected chi connectivity index (χ0v) is 11.3. The highest BCUT2D eigenvalue weighted by Gasteiger charge is 1.98. The van der Waals surface area contributed by atoms with Crippen LogP contribution in [0.5, 0.6) is 0 Å². The van der Waals surface area contributed by atoms with E-state index in [1.54, 1.807) is 0 Å². The summed E-state index contributed by atoms with van der Waals surface area (Å²) in [6, 6.07) is 0. The lowest BCUT2D eigenvalue weighted by Crippen LogP contribution is -2.03. The summed E-state index contributed by atoms with van der Waals surface area (Å²) in [6.45, 7) is 2.13. The van der Waals surface area contributed by atoms with Crippen molar-refractivity contribution in [3.8, 4) is 0 Å². The zero-order chi connectivity index (χ0) is 12.8. The summed E-state index contributed by atoms with van der Waals surface area (Å²) in [5.74, 6) is 0.